The van der Waals surface area contributed by atoms with Gasteiger partial charge in [-0.1, -0.05) is 237 Å². The summed E-state index contributed by atoms with van der Waals surface area (Å²) in [6.07, 6.45) is 9.54. The molecular formula is C100H60N6. The molecule has 0 fully saturated rings. The number of hydrogen-bond acceptors (Lipinski definition) is 6. The van der Waals surface area contributed by atoms with Crippen molar-refractivity contribution >= 4 is 121 Å². The highest BCUT2D eigenvalue weighted by molar-refractivity contribution is 6.31. The Morgan fingerprint density at radius 1 is 0.198 bits per heavy atom. The van der Waals surface area contributed by atoms with Gasteiger partial charge in [-0.15, -0.1) is 0 Å². The zero-order valence-corrected chi connectivity index (χ0v) is 57.3. The summed E-state index contributed by atoms with van der Waals surface area (Å²) in [5, 5.41) is 15.0. The molecule has 2 aliphatic carbocycles. The van der Waals surface area contributed by atoms with Crippen LogP contribution in [-0.2, 0) is 0 Å². The molecule has 0 amide bonds. The normalized spacial score (nSPS) is 12.0. The molecule has 6 heteroatoms. The van der Waals surface area contributed by atoms with Crippen molar-refractivity contribution in [1.82, 2.24) is 19.9 Å². The van der Waals surface area contributed by atoms with Gasteiger partial charge < -0.3 is 9.80 Å². The molecule has 106 heavy (non-hydrogen) atoms. The Balaban J connectivity index is 0.734. The Kier molecular flexibility index (Phi) is 13.3. The second-order valence-corrected chi connectivity index (χ2v) is 27.9. The molecule has 0 saturated carbocycles. The fourth-order valence-electron chi connectivity index (χ4n) is 17.8. The molecule has 0 spiro atoms. The van der Waals surface area contributed by atoms with E-state index in [-0.39, 0.29) is 0 Å². The summed E-state index contributed by atoms with van der Waals surface area (Å²) in [6.45, 7) is 0. The highest BCUT2D eigenvalue weighted by Gasteiger charge is 2.35. The van der Waals surface area contributed by atoms with Crippen molar-refractivity contribution in [1.29, 1.82) is 0 Å². The molecule has 22 rings (SSSR count). The third-order valence-corrected chi connectivity index (χ3v) is 22.2. The Bertz CT molecular complexity index is 6910. The third kappa shape index (κ3) is 9.11. The minimum atomic E-state index is 0.892. The topological polar surface area (TPSA) is 58.0 Å². The number of fused-ring (bicyclic) bond motifs is 12. The summed E-state index contributed by atoms with van der Waals surface area (Å²) in [4.78, 5) is 24.2. The molecule has 4 aromatic heterocycles. The molecule has 6 nitrogen and oxygen atoms in total. The van der Waals surface area contributed by atoms with E-state index < -0.39 is 0 Å². The van der Waals surface area contributed by atoms with Crippen LogP contribution >= 0.6 is 0 Å². The largest absolute Gasteiger partial charge is 0.310 e. The first-order valence-electron chi connectivity index (χ1n) is 36.2. The van der Waals surface area contributed by atoms with Crippen LogP contribution in [0, 0.1) is 0 Å². The second kappa shape index (κ2) is 23.7. The van der Waals surface area contributed by atoms with Crippen LogP contribution in [0.2, 0.25) is 0 Å². The lowest BCUT2D eigenvalue weighted by Crippen LogP contribution is -2.11. The maximum absolute atomic E-state index is 5.29. The maximum atomic E-state index is 5.29. The van der Waals surface area contributed by atoms with Crippen LogP contribution in [0.5, 0.6) is 0 Å². The first kappa shape index (κ1) is 59.5. The third-order valence-electron chi connectivity index (χ3n) is 22.2. The lowest BCUT2D eigenvalue weighted by Gasteiger charge is -2.28. The average molecular weight is 1350 g/mol. The van der Waals surface area contributed by atoms with Gasteiger partial charge in [-0.2, -0.15) is 0 Å². The van der Waals surface area contributed by atoms with Gasteiger partial charge >= 0.3 is 0 Å². The first-order chi connectivity index (χ1) is 52.6. The van der Waals surface area contributed by atoms with Crippen LogP contribution in [0.25, 0.3) is 187 Å². The highest BCUT2D eigenvalue weighted by Crippen LogP contribution is 2.62. The highest BCUT2D eigenvalue weighted by atomic mass is 15.2. The Hall–Kier alpha value is -14.2. The van der Waals surface area contributed by atoms with Crippen LogP contribution < -0.4 is 9.80 Å². The van der Waals surface area contributed by atoms with Crippen LogP contribution in [-0.4, -0.2) is 19.9 Å². The number of pyridine rings is 4. The molecule has 0 saturated heterocycles. The summed E-state index contributed by atoms with van der Waals surface area (Å²) < 4.78 is 0. The smallest absolute Gasteiger partial charge is 0.0729 e. The van der Waals surface area contributed by atoms with E-state index in [0.29, 0.717) is 0 Å². The van der Waals surface area contributed by atoms with E-state index in [1.165, 1.54) is 116 Å². The van der Waals surface area contributed by atoms with Crippen molar-refractivity contribution < 1.29 is 0 Å². The number of aromatic nitrogens is 4. The molecule has 0 aliphatic heterocycles. The van der Waals surface area contributed by atoms with Crippen LogP contribution in [0.4, 0.5) is 34.1 Å². The standard InChI is InChI=1S/C100H60N6/c1-5-19-61(20-6-1)91-74-29-13-14-30-75(74)92(62-21-7-2-8-22-62)99-82-44-48-89(79-32-16-34-81(96(79)82)97(91)99)106(73-40-46-86-69(57-73)28-18-52-103-86)90-50-54-104-87-59-66(37-42-77(87)90)65-36-41-76-84(58-65)94(64-25-11-4-12-26-64)100-83-43-47-88(78-31-15-33-80(95(78)83)98(100)93(76)63-23-9-3-10-24-63)105(71-38-35-70-60-101-53-49-67(70)55-71)72-39-45-85-68(56-72)27-17-51-102-85/h1-60H. The minimum absolute atomic E-state index is 0.892. The first-order valence-corrected chi connectivity index (χ1v) is 36.2. The average Bonchev–Trinajstić information content (AvgIpc) is 1.53. The van der Waals surface area contributed by atoms with E-state index in [1.807, 2.05) is 43.1 Å². The number of benzene rings is 16. The van der Waals surface area contributed by atoms with Crippen molar-refractivity contribution in [2.45, 2.75) is 0 Å². The van der Waals surface area contributed by atoms with Gasteiger partial charge in [0.05, 0.1) is 33.6 Å². The minimum Gasteiger partial charge on any atom is -0.310 e. The van der Waals surface area contributed by atoms with Gasteiger partial charge in [0.1, 0.15) is 0 Å². The Morgan fingerprint density at radius 2 is 0.623 bits per heavy atom. The van der Waals surface area contributed by atoms with Gasteiger partial charge in [0, 0.05) is 80.4 Å². The second-order valence-electron chi connectivity index (χ2n) is 27.9. The lowest BCUT2D eigenvalue weighted by molar-refractivity contribution is 1.29. The summed E-state index contributed by atoms with van der Waals surface area (Å²) in [6, 6.07) is 123. The molecule has 0 bridgehead atoms. The van der Waals surface area contributed by atoms with Crippen molar-refractivity contribution in [2.75, 3.05) is 9.80 Å². The molecule has 16 aromatic carbocycles. The molecule has 4 heterocycles. The number of nitrogens with zero attached hydrogens (tertiary/aromatic N) is 6. The van der Waals surface area contributed by atoms with E-state index in [4.69, 9.17) is 15.0 Å². The van der Waals surface area contributed by atoms with Gasteiger partial charge in [-0.3, -0.25) is 19.9 Å². The van der Waals surface area contributed by atoms with Crippen molar-refractivity contribution in [3.8, 4) is 100 Å². The molecule has 20 aromatic rings. The quantitative estimate of drug-likeness (QED) is 0.129. The van der Waals surface area contributed by atoms with Crippen molar-refractivity contribution in [3.05, 3.63) is 365 Å². The van der Waals surface area contributed by atoms with E-state index in [1.54, 1.807) is 0 Å². The summed E-state index contributed by atoms with van der Waals surface area (Å²) in [7, 11) is 0. The van der Waals surface area contributed by atoms with Crippen LogP contribution in [0.3, 0.4) is 0 Å². The predicted molar refractivity (Wildman–Crippen MR) is 443 cm³/mol. The molecule has 0 atom stereocenters. The van der Waals surface area contributed by atoms with E-state index in [9.17, 15) is 0 Å². The van der Waals surface area contributed by atoms with Crippen molar-refractivity contribution in [2.24, 2.45) is 0 Å². The molecule has 490 valence electrons. The fraction of sp³-hybridized carbons (Fsp3) is 0. The Labute approximate surface area is 611 Å². The molecule has 0 unspecified atom stereocenters. The van der Waals surface area contributed by atoms with Crippen LogP contribution in [0.15, 0.2) is 365 Å². The number of anilines is 6. The fourth-order valence-corrected chi connectivity index (χ4v) is 17.8. The van der Waals surface area contributed by atoms with Gasteiger partial charge in [0.2, 0.25) is 0 Å². The Morgan fingerprint density at radius 3 is 1.17 bits per heavy atom. The van der Waals surface area contributed by atoms with Crippen LogP contribution in [0.1, 0.15) is 0 Å². The zero-order chi connectivity index (χ0) is 69.5. The van der Waals surface area contributed by atoms with Crippen molar-refractivity contribution in [3.63, 3.8) is 0 Å². The van der Waals surface area contributed by atoms with E-state index >= 15 is 0 Å². The molecule has 0 radical (unpaired) electrons. The van der Waals surface area contributed by atoms with Gasteiger partial charge in [0.25, 0.3) is 0 Å². The molecular weight excluding hydrogens is 1290 g/mol. The monoisotopic (exact) mass is 1340 g/mol. The van der Waals surface area contributed by atoms with E-state index in [2.05, 4.69) is 336 Å². The lowest BCUT2D eigenvalue weighted by atomic mass is 9.82. The number of rotatable bonds is 11. The zero-order valence-electron chi connectivity index (χ0n) is 57.3. The molecule has 2 aliphatic rings. The van der Waals surface area contributed by atoms with Gasteiger partial charge in [-0.05, 0) is 235 Å². The van der Waals surface area contributed by atoms with Gasteiger partial charge in [0.15, 0.2) is 0 Å². The molecule has 0 N–H and O–H groups in total. The summed E-state index contributed by atoms with van der Waals surface area (Å²) in [5.41, 5.74) is 30.8. The van der Waals surface area contributed by atoms with Gasteiger partial charge in [-0.25, -0.2) is 0 Å². The SMILES string of the molecule is c1ccc(-c2c3c(c(-c4ccccc4)c4cc(-c5ccc6c(N(c7ccc8ncccc8c7)c7ccc8c9c(cccc79)-c7c-8c(-c8ccccc8)c8ccccc8c7-c7ccccc7)ccnc6c5)ccc24)-c2ccc(N(c4ccc5cnccc5c4)c4ccc5ncccc5c4)c4cccc-3c24)cc1. The summed E-state index contributed by atoms with van der Waals surface area (Å²) in [5.74, 6) is 0. The summed E-state index contributed by atoms with van der Waals surface area (Å²) >= 11 is 0. The van der Waals surface area contributed by atoms with E-state index in [0.717, 1.165) is 105 Å². The number of hydrogen-bond donors (Lipinski definition) is 0. The predicted octanol–water partition coefficient (Wildman–Crippen LogP) is 27.1. The maximum Gasteiger partial charge on any atom is 0.0729 e.